The first-order valence-electron chi connectivity index (χ1n) is 9.20. The van der Waals surface area contributed by atoms with Gasteiger partial charge < -0.3 is 4.42 Å². The maximum Gasteiger partial charge on any atom is 0.196 e. The Kier molecular flexibility index (Phi) is 5.39. The van der Waals surface area contributed by atoms with Gasteiger partial charge in [0, 0.05) is 16.7 Å². The van der Waals surface area contributed by atoms with Crippen LogP contribution in [0.2, 0.25) is 0 Å². The summed E-state index contributed by atoms with van der Waals surface area (Å²) in [6.07, 6.45) is 0. The average Bonchev–Trinajstić information content (AvgIpc) is 2.64. The number of rotatable bonds is 3. The molecule has 0 aliphatic heterocycles. The van der Waals surface area contributed by atoms with Gasteiger partial charge in [-0.2, -0.15) is 4.40 Å². The Balaban J connectivity index is 2.33. The second kappa shape index (κ2) is 7.47. The van der Waals surface area contributed by atoms with Crippen molar-refractivity contribution in [3.63, 3.8) is 0 Å². The largest absolute Gasteiger partial charge is 0.455 e. The van der Waals surface area contributed by atoms with E-state index in [1.54, 1.807) is 13.8 Å². The lowest BCUT2D eigenvalue weighted by molar-refractivity contribution is 0.613. The maximum absolute atomic E-state index is 13.1. The highest BCUT2D eigenvalue weighted by Gasteiger charge is 2.21. The highest BCUT2D eigenvalue weighted by molar-refractivity contribution is 7.85. The van der Waals surface area contributed by atoms with E-state index in [0.717, 1.165) is 11.1 Å². The van der Waals surface area contributed by atoms with Gasteiger partial charge in [0.15, 0.2) is 5.43 Å². The summed E-state index contributed by atoms with van der Waals surface area (Å²) in [7, 11) is -1.40. The van der Waals surface area contributed by atoms with Crippen molar-refractivity contribution in [2.75, 3.05) is 0 Å². The molecule has 4 nitrogen and oxygen atoms in total. The minimum Gasteiger partial charge on any atom is -0.455 e. The normalized spacial score (nSPS) is 13.7. The highest BCUT2D eigenvalue weighted by Crippen LogP contribution is 2.29. The van der Waals surface area contributed by atoms with Crippen LogP contribution in [0.1, 0.15) is 44.4 Å². The topological polar surface area (TPSA) is 59.6 Å². The molecular weight excluding hydrogens is 370 g/mol. The predicted molar refractivity (Wildman–Crippen MR) is 118 cm³/mol. The van der Waals surface area contributed by atoms with E-state index in [4.69, 9.17) is 4.42 Å². The zero-order chi connectivity index (χ0) is 20.6. The molecule has 3 rings (SSSR count). The van der Waals surface area contributed by atoms with E-state index >= 15 is 0 Å². The number of nitrogens with zero attached hydrogens (tertiary/aromatic N) is 1. The molecule has 0 bridgehead atoms. The highest BCUT2D eigenvalue weighted by atomic mass is 32.2. The molecule has 146 valence electrons. The smallest absolute Gasteiger partial charge is 0.196 e. The van der Waals surface area contributed by atoms with Crippen molar-refractivity contribution < 1.29 is 8.63 Å². The van der Waals surface area contributed by atoms with E-state index in [1.807, 2.05) is 70.2 Å². The molecule has 1 heterocycles. The molecule has 0 radical (unpaired) electrons. The van der Waals surface area contributed by atoms with Gasteiger partial charge >= 0.3 is 0 Å². The van der Waals surface area contributed by atoms with E-state index in [9.17, 15) is 9.00 Å². The molecule has 0 saturated heterocycles. The van der Waals surface area contributed by atoms with Crippen molar-refractivity contribution in [3.05, 3.63) is 69.4 Å². The van der Waals surface area contributed by atoms with Crippen molar-refractivity contribution in [1.82, 2.24) is 0 Å². The Morgan fingerprint density at radius 3 is 2.32 bits per heavy atom. The third-order valence-corrected chi connectivity index (χ3v) is 6.02. The van der Waals surface area contributed by atoms with Gasteiger partial charge in [-0.25, -0.2) is 4.21 Å². The van der Waals surface area contributed by atoms with Crippen molar-refractivity contribution in [2.45, 2.75) is 46.3 Å². The van der Waals surface area contributed by atoms with Crippen LogP contribution in [0.4, 0.5) is 0 Å². The summed E-state index contributed by atoms with van der Waals surface area (Å²) in [5.41, 5.74) is 4.05. The lowest BCUT2D eigenvalue weighted by atomic mass is 10.0. The first-order valence-corrected chi connectivity index (χ1v) is 10.3. The predicted octanol–water partition coefficient (Wildman–Crippen LogP) is 5.35. The number of fused-ring (bicyclic) bond motifs is 1. The molecule has 5 heteroatoms. The zero-order valence-corrected chi connectivity index (χ0v) is 17.9. The third kappa shape index (κ3) is 3.85. The number of aryl methyl sites for hydroxylation is 1. The van der Waals surface area contributed by atoms with Crippen molar-refractivity contribution in [3.8, 4) is 11.3 Å². The van der Waals surface area contributed by atoms with Crippen LogP contribution in [-0.4, -0.2) is 14.7 Å². The van der Waals surface area contributed by atoms with Gasteiger partial charge in [0.2, 0.25) is 0 Å². The van der Waals surface area contributed by atoms with Crippen LogP contribution in [-0.2, 0) is 11.0 Å². The molecule has 0 aliphatic rings. The second-order valence-electron chi connectivity index (χ2n) is 7.98. The second-order valence-corrected chi connectivity index (χ2v) is 9.88. The molecular formula is C23H25NO3S. The van der Waals surface area contributed by atoms with E-state index in [0.29, 0.717) is 33.6 Å². The van der Waals surface area contributed by atoms with Crippen LogP contribution in [0.3, 0.4) is 0 Å². The fraction of sp³-hybridized carbons (Fsp3) is 0.304. The molecule has 0 spiro atoms. The Morgan fingerprint density at radius 1 is 1.07 bits per heavy atom. The Bertz CT molecular complexity index is 1150. The van der Waals surface area contributed by atoms with Crippen molar-refractivity contribution in [1.29, 1.82) is 0 Å². The lowest BCUT2D eigenvalue weighted by Crippen LogP contribution is -2.21. The number of hydrogen-bond acceptors (Lipinski definition) is 3. The Labute approximate surface area is 167 Å². The van der Waals surface area contributed by atoms with Gasteiger partial charge in [-0.1, -0.05) is 30.3 Å². The summed E-state index contributed by atoms with van der Waals surface area (Å²) in [6.45, 7) is 11.2. The standard InChI is InChI=1S/C23H25NO3S/c1-14-12-18(16(3)24-28(26)23(4,5)6)22-19(13-14)20(25)15(2)21(27-22)17-10-8-7-9-11-17/h7-13H,1-6H3/b24-16+/t28-/m1/s1. The molecule has 1 atom stereocenters. The van der Waals surface area contributed by atoms with Crippen molar-refractivity contribution >= 4 is 27.7 Å². The first kappa shape index (κ1) is 20.2. The SMILES string of the molecule is C/C(=N\[S@](=O)C(C)(C)C)c1cc(C)cc2c(=O)c(C)c(-c3ccccc3)oc12. The summed E-state index contributed by atoms with van der Waals surface area (Å²) in [4.78, 5) is 13.1. The van der Waals surface area contributed by atoms with E-state index in [2.05, 4.69) is 4.40 Å². The van der Waals surface area contributed by atoms with Gasteiger partial charge in [-0.15, -0.1) is 0 Å². The molecule has 0 fully saturated rings. The minimum absolute atomic E-state index is 0.0604. The number of hydrogen-bond donors (Lipinski definition) is 0. The Morgan fingerprint density at radius 2 is 1.71 bits per heavy atom. The third-order valence-electron chi connectivity index (χ3n) is 4.53. The molecule has 0 N–H and O–H groups in total. The Hall–Kier alpha value is -2.53. The van der Waals surface area contributed by atoms with E-state index in [-0.39, 0.29) is 5.43 Å². The minimum atomic E-state index is -1.40. The molecule has 2 aromatic carbocycles. The van der Waals surface area contributed by atoms with Crippen molar-refractivity contribution in [2.24, 2.45) is 4.40 Å². The van der Waals surface area contributed by atoms with Crippen LogP contribution < -0.4 is 5.43 Å². The molecule has 0 amide bonds. The van der Waals surface area contributed by atoms with E-state index < -0.39 is 15.7 Å². The fourth-order valence-corrected chi connectivity index (χ4v) is 3.60. The molecule has 28 heavy (non-hydrogen) atoms. The molecule has 0 saturated carbocycles. The van der Waals surface area contributed by atoms with Crippen LogP contribution in [0.25, 0.3) is 22.3 Å². The summed E-state index contributed by atoms with van der Waals surface area (Å²) in [6, 6.07) is 13.3. The zero-order valence-electron chi connectivity index (χ0n) is 17.1. The first-order chi connectivity index (χ1) is 13.1. The lowest BCUT2D eigenvalue weighted by Gasteiger charge is -2.15. The molecule has 0 aliphatic carbocycles. The van der Waals surface area contributed by atoms with Gasteiger partial charge in [-0.05, 0) is 59.2 Å². The maximum atomic E-state index is 13.1. The molecule has 3 aromatic rings. The quantitative estimate of drug-likeness (QED) is 0.562. The van der Waals surface area contributed by atoms with Crippen LogP contribution in [0.5, 0.6) is 0 Å². The summed E-state index contributed by atoms with van der Waals surface area (Å²) in [5, 5.41) is 0.517. The monoisotopic (exact) mass is 395 g/mol. The van der Waals surface area contributed by atoms with Crippen LogP contribution in [0.15, 0.2) is 56.1 Å². The molecule has 1 aromatic heterocycles. The fourth-order valence-electron chi connectivity index (χ4n) is 2.98. The summed E-state index contributed by atoms with van der Waals surface area (Å²) < 4.78 is 22.7. The van der Waals surface area contributed by atoms with Crippen LogP contribution in [0, 0.1) is 13.8 Å². The van der Waals surface area contributed by atoms with Crippen LogP contribution >= 0.6 is 0 Å². The average molecular weight is 396 g/mol. The van der Waals surface area contributed by atoms with Gasteiger partial charge in [-0.3, -0.25) is 4.79 Å². The number of benzene rings is 2. The van der Waals surface area contributed by atoms with Gasteiger partial charge in [0.1, 0.15) is 22.3 Å². The summed E-state index contributed by atoms with van der Waals surface area (Å²) in [5.74, 6) is 0.549. The summed E-state index contributed by atoms with van der Waals surface area (Å²) >= 11 is 0. The molecule has 0 unspecified atom stereocenters. The van der Waals surface area contributed by atoms with Gasteiger partial charge in [0.05, 0.1) is 15.8 Å². The van der Waals surface area contributed by atoms with E-state index in [1.165, 1.54) is 0 Å². The van der Waals surface area contributed by atoms with Gasteiger partial charge in [0.25, 0.3) is 0 Å².